The fourth-order valence-corrected chi connectivity index (χ4v) is 3.00. The second-order valence-corrected chi connectivity index (χ2v) is 6.78. The van der Waals surface area contributed by atoms with Crippen LogP contribution in [-0.4, -0.2) is 49.7 Å². The quantitative estimate of drug-likeness (QED) is 0.309. The maximum atomic E-state index is 12.2. The third-order valence-corrected chi connectivity index (χ3v) is 4.57. The van der Waals surface area contributed by atoms with Crippen LogP contribution >= 0.6 is 0 Å². The van der Waals surface area contributed by atoms with E-state index in [9.17, 15) is 19.7 Å². The van der Waals surface area contributed by atoms with Gasteiger partial charge in [0.1, 0.15) is 17.9 Å². The van der Waals surface area contributed by atoms with Crippen molar-refractivity contribution < 1.29 is 19.0 Å². The highest BCUT2D eigenvalue weighted by Crippen LogP contribution is 2.22. The van der Waals surface area contributed by atoms with Crippen LogP contribution in [0.15, 0.2) is 28.8 Å². The molecule has 3 rings (SSSR count). The zero-order chi connectivity index (χ0) is 22.5. The second-order valence-electron chi connectivity index (χ2n) is 6.78. The minimum atomic E-state index is -0.594. The van der Waals surface area contributed by atoms with Gasteiger partial charge >= 0.3 is 17.5 Å². The van der Waals surface area contributed by atoms with Crippen molar-refractivity contribution in [3.8, 4) is 0 Å². The molecule has 0 saturated heterocycles. The van der Waals surface area contributed by atoms with Crippen molar-refractivity contribution in [2.75, 3.05) is 13.1 Å². The standard InChI is InChI=1S/C19H21N7O5/c1-11-6-4-5-7-14(11)17(27)20-8-9-21-18(28)19-22-15(24-31-19)10-25-13(3)16(26(29)30)12(2)23-25/h4-7H,8-10H2,1-3H3,(H,20,27)(H,21,28). The van der Waals surface area contributed by atoms with Gasteiger partial charge in [-0.05, 0) is 32.4 Å². The third-order valence-electron chi connectivity index (χ3n) is 4.57. The first-order valence-electron chi connectivity index (χ1n) is 9.41. The van der Waals surface area contributed by atoms with Crippen molar-refractivity contribution in [3.63, 3.8) is 0 Å². The van der Waals surface area contributed by atoms with E-state index in [0.717, 1.165) is 5.56 Å². The second kappa shape index (κ2) is 9.15. The number of amides is 2. The number of hydrogen-bond donors (Lipinski definition) is 2. The van der Waals surface area contributed by atoms with Crippen LogP contribution in [0.4, 0.5) is 5.69 Å². The highest BCUT2D eigenvalue weighted by Gasteiger charge is 2.23. The largest absolute Gasteiger partial charge is 0.350 e. The van der Waals surface area contributed by atoms with Crippen molar-refractivity contribution in [1.82, 2.24) is 30.6 Å². The van der Waals surface area contributed by atoms with Crippen molar-refractivity contribution in [3.05, 3.63) is 68.6 Å². The molecule has 3 aromatic rings. The van der Waals surface area contributed by atoms with Crippen LogP contribution in [0.2, 0.25) is 0 Å². The predicted octanol–water partition coefficient (Wildman–Crippen LogP) is 1.31. The van der Waals surface area contributed by atoms with E-state index in [4.69, 9.17) is 4.52 Å². The van der Waals surface area contributed by atoms with Crippen LogP contribution in [0, 0.1) is 30.9 Å². The summed E-state index contributed by atoms with van der Waals surface area (Å²) in [6, 6.07) is 7.19. The summed E-state index contributed by atoms with van der Waals surface area (Å²) in [5.41, 5.74) is 1.98. The first-order chi connectivity index (χ1) is 14.8. The predicted molar refractivity (Wildman–Crippen MR) is 108 cm³/mol. The minimum absolute atomic E-state index is 0.0176. The maximum absolute atomic E-state index is 12.2. The summed E-state index contributed by atoms with van der Waals surface area (Å²) in [5.74, 6) is -0.926. The molecule has 0 unspecified atom stereocenters. The summed E-state index contributed by atoms with van der Waals surface area (Å²) in [4.78, 5) is 38.9. The Labute approximate surface area is 176 Å². The van der Waals surface area contributed by atoms with Gasteiger partial charge in [-0.3, -0.25) is 24.4 Å². The van der Waals surface area contributed by atoms with Gasteiger partial charge < -0.3 is 15.2 Å². The number of nitrogens with one attached hydrogen (secondary N) is 2. The zero-order valence-electron chi connectivity index (χ0n) is 17.2. The lowest BCUT2D eigenvalue weighted by Crippen LogP contribution is -2.35. The molecule has 2 N–H and O–H groups in total. The van der Waals surface area contributed by atoms with Crippen LogP contribution in [0.1, 0.15) is 43.8 Å². The molecule has 2 amide bonds. The van der Waals surface area contributed by atoms with Gasteiger partial charge in [-0.2, -0.15) is 10.1 Å². The molecule has 0 atom stereocenters. The van der Waals surface area contributed by atoms with E-state index in [-0.39, 0.29) is 48.6 Å². The maximum Gasteiger partial charge on any atom is 0.316 e. The molecule has 12 heteroatoms. The van der Waals surface area contributed by atoms with Gasteiger partial charge in [0.15, 0.2) is 5.82 Å². The smallest absolute Gasteiger partial charge is 0.316 e. The molecule has 2 heterocycles. The van der Waals surface area contributed by atoms with Crippen LogP contribution < -0.4 is 10.6 Å². The number of aryl methyl sites for hydroxylation is 2. The van der Waals surface area contributed by atoms with Crippen molar-refractivity contribution >= 4 is 17.5 Å². The minimum Gasteiger partial charge on any atom is -0.350 e. The van der Waals surface area contributed by atoms with Crippen LogP contribution in [0.3, 0.4) is 0 Å². The van der Waals surface area contributed by atoms with Gasteiger partial charge in [-0.25, -0.2) is 0 Å². The first kappa shape index (κ1) is 21.6. The summed E-state index contributed by atoms with van der Waals surface area (Å²) in [6.07, 6.45) is 0. The van der Waals surface area contributed by atoms with Crippen molar-refractivity contribution in [2.45, 2.75) is 27.3 Å². The van der Waals surface area contributed by atoms with Gasteiger partial charge in [0, 0.05) is 18.7 Å². The lowest BCUT2D eigenvalue weighted by Gasteiger charge is -2.07. The number of benzene rings is 1. The summed E-state index contributed by atoms with van der Waals surface area (Å²) >= 11 is 0. The van der Waals surface area contributed by atoms with Gasteiger partial charge in [-0.15, -0.1) is 0 Å². The lowest BCUT2D eigenvalue weighted by atomic mass is 10.1. The van der Waals surface area contributed by atoms with Crippen molar-refractivity contribution in [2.24, 2.45) is 0 Å². The van der Waals surface area contributed by atoms with E-state index in [1.165, 1.54) is 11.6 Å². The molecular formula is C19H21N7O5. The number of aromatic nitrogens is 4. The van der Waals surface area contributed by atoms with E-state index in [1.54, 1.807) is 19.1 Å². The molecule has 0 aliphatic carbocycles. The SMILES string of the molecule is Cc1ccccc1C(=O)NCCNC(=O)c1nc(Cn2nc(C)c([N+](=O)[O-])c2C)no1. The molecule has 0 aliphatic heterocycles. The molecule has 2 aromatic heterocycles. The van der Waals surface area contributed by atoms with Gasteiger partial charge in [0.2, 0.25) is 0 Å². The Morgan fingerprint density at radius 3 is 2.45 bits per heavy atom. The van der Waals surface area contributed by atoms with E-state index in [1.807, 2.05) is 19.1 Å². The fraction of sp³-hybridized carbons (Fsp3) is 0.316. The normalized spacial score (nSPS) is 10.7. The molecular weight excluding hydrogens is 406 g/mol. The number of nitrogens with zero attached hydrogens (tertiary/aromatic N) is 5. The first-order valence-corrected chi connectivity index (χ1v) is 9.41. The van der Waals surface area contributed by atoms with Crippen LogP contribution in [-0.2, 0) is 6.54 Å². The van der Waals surface area contributed by atoms with E-state index < -0.39 is 10.8 Å². The Balaban J connectivity index is 1.52. The molecule has 0 fully saturated rings. The van der Waals surface area contributed by atoms with E-state index in [2.05, 4.69) is 25.9 Å². The number of carbonyl (C=O) groups is 2. The van der Waals surface area contributed by atoms with Gasteiger partial charge in [0.05, 0.1) is 4.92 Å². The Morgan fingerprint density at radius 1 is 1.13 bits per heavy atom. The topological polar surface area (TPSA) is 158 Å². The monoisotopic (exact) mass is 427 g/mol. The Morgan fingerprint density at radius 2 is 1.81 bits per heavy atom. The average molecular weight is 427 g/mol. The Bertz CT molecular complexity index is 1130. The van der Waals surface area contributed by atoms with Crippen molar-refractivity contribution in [1.29, 1.82) is 0 Å². The summed E-state index contributed by atoms with van der Waals surface area (Å²) in [5, 5.41) is 24.2. The summed E-state index contributed by atoms with van der Waals surface area (Å²) in [6.45, 7) is 5.34. The lowest BCUT2D eigenvalue weighted by molar-refractivity contribution is -0.386. The van der Waals surface area contributed by atoms with Gasteiger partial charge in [-0.1, -0.05) is 23.4 Å². The molecule has 12 nitrogen and oxygen atoms in total. The number of carbonyl (C=O) groups excluding carboxylic acids is 2. The molecule has 0 saturated carbocycles. The number of hydrogen-bond acceptors (Lipinski definition) is 8. The Kier molecular flexibility index (Phi) is 6.38. The van der Waals surface area contributed by atoms with Crippen LogP contribution in [0.25, 0.3) is 0 Å². The molecule has 0 aliphatic rings. The van der Waals surface area contributed by atoms with E-state index >= 15 is 0 Å². The number of rotatable bonds is 8. The summed E-state index contributed by atoms with van der Waals surface area (Å²) in [7, 11) is 0. The molecule has 1 aromatic carbocycles. The van der Waals surface area contributed by atoms with E-state index in [0.29, 0.717) is 11.3 Å². The molecule has 31 heavy (non-hydrogen) atoms. The average Bonchev–Trinajstić information content (AvgIpc) is 3.29. The highest BCUT2D eigenvalue weighted by molar-refractivity contribution is 5.95. The van der Waals surface area contributed by atoms with Crippen LogP contribution in [0.5, 0.6) is 0 Å². The third kappa shape index (κ3) is 4.91. The highest BCUT2D eigenvalue weighted by atomic mass is 16.6. The molecule has 0 bridgehead atoms. The zero-order valence-corrected chi connectivity index (χ0v) is 17.2. The molecule has 162 valence electrons. The Hall–Kier alpha value is -4.09. The summed E-state index contributed by atoms with van der Waals surface area (Å²) < 4.78 is 6.33. The van der Waals surface area contributed by atoms with Gasteiger partial charge in [0.25, 0.3) is 5.91 Å². The molecule has 0 spiro atoms. The number of nitro groups is 1. The fourth-order valence-electron chi connectivity index (χ4n) is 3.00. The molecule has 0 radical (unpaired) electrons.